The van der Waals surface area contributed by atoms with Gasteiger partial charge in [0.15, 0.2) is 0 Å². The van der Waals surface area contributed by atoms with Crippen molar-refractivity contribution < 1.29 is 13.2 Å². The third kappa shape index (κ3) is 3.60. The highest BCUT2D eigenvalue weighted by Crippen LogP contribution is 2.37. The van der Waals surface area contributed by atoms with Crippen LogP contribution in [0.4, 0.5) is 13.2 Å². The molecule has 1 fully saturated rings. The van der Waals surface area contributed by atoms with Gasteiger partial charge in [0.1, 0.15) is 0 Å². The van der Waals surface area contributed by atoms with Crippen LogP contribution in [0.2, 0.25) is 0 Å². The lowest BCUT2D eigenvalue weighted by molar-refractivity contribution is -0.188. The molecular formula is C13H24F3N. The van der Waals surface area contributed by atoms with Gasteiger partial charge in [0.2, 0.25) is 0 Å². The average molecular weight is 251 g/mol. The monoisotopic (exact) mass is 251 g/mol. The van der Waals surface area contributed by atoms with Crippen LogP contribution in [0.5, 0.6) is 0 Å². The molecule has 1 saturated heterocycles. The van der Waals surface area contributed by atoms with E-state index < -0.39 is 12.1 Å². The Morgan fingerprint density at radius 1 is 1.12 bits per heavy atom. The first kappa shape index (κ1) is 14.8. The predicted molar refractivity (Wildman–Crippen MR) is 64.0 cm³/mol. The molecule has 0 radical (unpaired) electrons. The van der Waals surface area contributed by atoms with Gasteiger partial charge in [-0.15, -0.1) is 0 Å². The van der Waals surface area contributed by atoms with E-state index in [9.17, 15) is 13.2 Å². The molecule has 1 aliphatic rings. The summed E-state index contributed by atoms with van der Waals surface area (Å²) in [7, 11) is 0. The molecule has 0 aromatic rings. The van der Waals surface area contributed by atoms with Gasteiger partial charge in [-0.2, -0.15) is 13.2 Å². The minimum Gasteiger partial charge on any atom is -0.298 e. The second kappa shape index (κ2) is 5.59. The first-order valence-corrected chi connectivity index (χ1v) is 6.65. The molecule has 1 atom stereocenters. The third-order valence-corrected chi connectivity index (χ3v) is 4.27. The predicted octanol–water partition coefficient (Wildman–Crippen LogP) is 4.23. The van der Waals surface area contributed by atoms with Crippen molar-refractivity contribution in [2.24, 2.45) is 5.92 Å². The van der Waals surface area contributed by atoms with Crippen LogP contribution in [0.25, 0.3) is 0 Å². The number of likely N-dealkylation sites (tertiary alicyclic amines) is 1. The van der Waals surface area contributed by atoms with E-state index >= 15 is 0 Å². The Balaban J connectivity index is 2.56. The van der Waals surface area contributed by atoms with Crippen LogP contribution in [0.15, 0.2) is 0 Å². The third-order valence-electron chi connectivity index (χ3n) is 4.27. The minimum atomic E-state index is -4.00. The van der Waals surface area contributed by atoms with Crippen LogP contribution in [-0.4, -0.2) is 29.7 Å². The summed E-state index contributed by atoms with van der Waals surface area (Å²) >= 11 is 0. The van der Waals surface area contributed by atoms with Crippen LogP contribution in [0.1, 0.15) is 52.9 Å². The standard InChI is InChI=1S/C13H24F3N/c1-4-8-12(3,5-2)17-9-6-11(7-10-17)13(14,15)16/h11H,4-10H2,1-3H3. The van der Waals surface area contributed by atoms with E-state index in [-0.39, 0.29) is 18.4 Å². The lowest BCUT2D eigenvalue weighted by Crippen LogP contribution is -2.51. The van der Waals surface area contributed by atoms with Crippen molar-refractivity contribution in [3.63, 3.8) is 0 Å². The van der Waals surface area contributed by atoms with Crippen LogP contribution in [0.3, 0.4) is 0 Å². The topological polar surface area (TPSA) is 3.24 Å². The molecule has 0 aliphatic carbocycles. The summed E-state index contributed by atoms with van der Waals surface area (Å²) < 4.78 is 37.7. The molecule has 0 N–H and O–H groups in total. The summed E-state index contributed by atoms with van der Waals surface area (Å²) in [5, 5.41) is 0. The second-order valence-corrected chi connectivity index (χ2v) is 5.40. The van der Waals surface area contributed by atoms with E-state index in [4.69, 9.17) is 0 Å². The largest absolute Gasteiger partial charge is 0.391 e. The number of nitrogens with zero attached hydrogens (tertiary/aromatic N) is 1. The number of hydrogen-bond donors (Lipinski definition) is 0. The summed E-state index contributed by atoms with van der Waals surface area (Å²) in [5.41, 5.74) is 0.0886. The number of alkyl halides is 3. The van der Waals surface area contributed by atoms with Gasteiger partial charge in [0, 0.05) is 5.54 Å². The van der Waals surface area contributed by atoms with E-state index in [2.05, 4.69) is 25.7 Å². The number of rotatable bonds is 4. The zero-order valence-corrected chi connectivity index (χ0v) is 11.1. The lowest BCUT2D eigenvalue weighted by atomic mass is 9.86. The Morgan fingerprint density at radius 2 is 1.65 bits per heavy atom. The Hall–Kier alpha value is -0.250. The molecule has 4 heteroatoms. The normalized spacial score (nSPS) is 23.6. The Morgan fingerprint density at radius 3 is 2.00 bits per heavy atom. The first-order valence-electron chi connectivity index (χ1n) is 6.65. The van der Waals surface area contributed by atoms with Gasteiger partial charge in [-0.05, 0) is 45.7 Å². The maximum Gasteiger partial charge on any atom is 0.391 e. The van der Waals surface area contributed by atoms with E-state index in [1.165, 1.54) is 0 Å². The van der Waals surface area contributed by atoms with E-state index in [1.54, 1.807) is 0 Å². The SMILES string of the molecule is CCCC(C)(CC)N1CCC(C(F)(F)F)CC1. The molecule has 17 heavy (non-hydrogen) atoms. The van der Waals surface area contributed by atoms with Gasteiger partial charge in [-0.1, -0.05) is 20.3 Å². The van der Waals surface area contributed by atoms with Crippen molar-refractivity contribution in [3.05, 3.63) is 0 Å². The summed E-state index contributed by atoms with van der Waals surface area (Å²) in [6, 6.07) is 0. The molecule has 0 saturated carbocycles. The fourth-order valence-corrected chi connectivity index (χ4v) is 2.84. The van der Waals surface area contributed by atoms with Crippen LogP contribution >= 0.6 is 0 Å². The summed E-state index contributed by atoms with van der Waals surface area (Å²) in [6.45, 7) is 7.63. The molecule has 0 amide bonds. The average Bonchev–Trinajstić information content (AvgIpc) is 2.28. The molecule has 1 heterocycles. The van der Waals surface area contributed by atoms with E-state index in [0.29, 0.717) is 13.1 Å². The maximum absolute atomic E-state index is 12.6. The molecule has 0 bridgehead atoms. The van der Waals surface area contributed by atoms with Gasteiger partial charge in [0.05, 0.1) is 5.92 Å². The zero-order chi connectivity index (χ0) is 13.1. The molecule has 1 aliphatic heterocycles. The van der Waals surface area contributed by atoms with Gasteiger partial charge >= 0.3 is 6.18 Å². The molecular weight excluding hydrogens is 227 g/mol. The molecule has 1 nitrogen and oxygen atoms in total. The van der Waals surface area contributed by atoms with Crippen LogP contribution < -0.4 is 0 Å². The van der Waals surface area contributed by atoms with E-state index in [1.807, 2.05) is 0 Å². The van der Waals surface area contributed by atoms with Crippen molar-refractivity contribution in [2.75, 3.05) is 13.1 Å². The molecule has 0 spiro atoms. The Labute approximate surface area is 102 Å². The van der Waals surface area contributed by atoms with Crippen molar-refractivity contribution >= 4 is 0 Å². The van der Waals surface area contributed by atoms with Gasteiger partial charge in [-0.25, -0.2) is 0 Å². The Kier molecular flexibility index (Phi) is 4.87. The van der Waals surface area contributed by atoms with Crippen LogP contribution in [-0.2, 0) is 0 Å². The Bertz CT molecular complexity index is 231. The maximum atomic E-state index is 12.6. The van der Waals surface area contributed by atoms with Gasteiger partial charge < -0.3 is 0 Å². The van der Waals surface area contributed by atoms with Gasteiger partial charge in [-0.3, -0.25) is 4.90 Å². The summed E-state index contributed by atoms with van der Waals surface area (Å²) in [4.78, 5) is 2.26. The highest BCUT2D eigenvalue weighted by molar-refractivity contribution is 4.89. The van der Waals surface area contributed by atoms with Crippen LogP contribution in [0, 0.1) is 5.92 Å². The number of halogens is 3. The highest BCUT2D eigenvalue weighted by Gasteiger charge is 2.43. The fraction of sp³-hybridized carbons (Fsp3) is 1.00. The fourth-order valence-electron chi connectivity index (χ4n) is 2.84. The number of piperidine rings is 1. The van der Waals surface area contributed by atoms with Crippen molar-refractivity contribution in [2.45, 2.75) is 64.6 Å². The first-order chi connectivity index (χ1) is 7.83. The van der Waals surface area contributed by atoms with Crippen molar-refractivity contribution in [1.82, 2.24) is 4.90 Å². The molecule has 102 valence electrons. The van der Waals surface area contributed by atoms with E-state index in [0.717, 1.165) is 19.3 Å². The molecule has 0 aromatic carbocycles. The highest BCUT2D eigenvalue weighted by atomic mass is 19.4. The zero-order valence-electron chi connectivity index (χ0n) is 11.1. The smallest absolute Gasteiger partial charge is 0.298 e. The second-order valence-electron chi connectivity index (χ2n) is 5.40. The quantitative estimate of drug-likeness (QED) is 0.722. The van der Waals surface area contributed by atoms with Crippen molar-refractivity contribution in [1.29, 1.82) is 0 Å². The number of hydrogen-bond acceptors (Lipinski definition) is 1. The molecule has 0 aromatic heterocycles. The summed E-state index contributed by atoms with van der Waals surface area (Å²) in [5.74, 6) is -1.08. The molecule has 1 rings (SSSR count). The van der Waals surface area contributed by atoms with Crippen molar-refractivity contribution in [3.8, 4) is 0 Å². The lowest BCUT2D eigenvalue weighted by Gasteiger charge is -2.45. The minimum absolute atomic E-state index is 0.0886. The summed E-state index contributed by atoms with van der Waals surface area (Å²) in [6.07, 6.45) is -0.299. The van der Waals surface area contributed by atoms with Gasteiger partial charge in [0.25, 0.3) is 0 Å². The molecule has 1 unspecified atom stereocenters.